The second-order valence-corrected chi connectivity index (χ2v) is 7.33. The molecule has 2 N–H and O–H groups in total. The van der Waals surface area contributed by atoms with Crippen molar-refractivity contribution in [3.63, 3.8) is 0 Å². The van der Waals surface area contributed by atoms with E-state index in [1.54, 1.807) is 18.4 Å². The predicted octanol–water partition coefficient (Wildman–Crippen LogP) is 4.30. The molecule has 1 unspecified atom stereocenters. The van der Waals surface area contributed by atoms with E-state index < -0.39 is 0 Å². The molecule has 0 saturated heterocycles. The molecule has 0 amide bonds. The maximum absolute atomic E-state index is 6.13. The average Bonchev–Trinajstić information content (AvgIpc) is 2.79. The summed E-state index contributed by atoms with van der Waals surface area (Å²) in [5.41, 5.74) is 7.15. The number of thiophene rings is 1. The monoisotopic (exact) mass is 388 g/mol. The van der Waals surface area contributed by atoms with E-state index in [9.17, 15) is 0 Å². The van der Waals surface area contributed by atoms with Gasteiger partial charge in [0.05, 0.1) is 13.2 Å². The first-order valence-electron chi connectivity index (χ1n) is 6.53. The molecule has 3 nitrogen and oxygen atoms in total. The molecule has 0 spiro atoms. The van der Waals surface area contributed by atoms with Crippen LogP contribution in [0.1, 0.15) is 16.5 Å². The molecule has 0 fully saturated rings. The van der Waals surface area contributed by atoms with Gasteiger partial charge in [-0.2, -0.15) is 0 Å². The van der Waals surface area contributed by atoms with Crippen molar-refractivity contribution < 1.29 is 4.74 Å². The Morgan fingerprint density at radius 1 is 1.43 bits per heavy atom. The van der Waals surface area contributed by atoms with E-state index in [2.05, 4.69) is 33.9 Å². The summed E-state index contributed by atoms with van der Waals surface area (Å²) in [5.74, 6) is 0.868. The van der Waals surface area contributed by atoms with Gasteiger partial charge in [-0.1, -0.05) is 23.7 Å². The molecule has 1 atom stereocenters. The first-order valence-corrected chi connectivity index (χ1v) is 8.52. The van der Waals surface area contributed by atoms with Crippen molar-refractivity contribution in [3.8, 4) is 5.75 Å². The number of hydrogen-bond acceptors (Lipinski definition) is 4. The van der Waals surface area contributed by atoms with Gasteiger partial charge in [0.15, 0.2) is 0 Å². The minimum Gasteiger partial charge on any atom is -0.497 e. The zero-order valence-corrected chi connectivity index (χ0v) is 15.1. The van der Waals surface area contributed by atoms with Crippen LogP contribution in [0.2, 0.25) is 4.34 Å². The highest BCUT2D eigenvalue weighted by Crippen LogP contribution is 2.36. The highest BCUT2D eigenvalue weighted by atomic mass is 79.9. The average molecular weight is 390 g/mol. The Labute approximate surface area is 142 Å². The number of nitrogens with two attached hydrogens (primary N) is 1. The largest absolute Gasteiger partial charge is 0.497 e. The molecule has 21 heavy (non-hydrogen) atoms. The van der Waals surface area contributed by atoms with Crippen molar-refractivity contribution in [2.45, 2.75) is 12.6 Å². The summed E-state index contributed by atoms with van der Waals surface area (Å²) in [6.45, 7) is 1.34. The standard InChI is InChI=1S/C15H18BrClN2OS/c1-19(9-10-4-3-5-11(6-10)20-2)13(8-18)14-7-12(16)15(17)21-14/h3-7,13H,8-9,18H2,1-2H3. The lowest BCUT2D eigenvalue weighted by atomic mass is 10.1. The summed E-state index contributed by atoms with van der Waals surface area (Å²) in [4.78, 5) is 3.39. The van der Waals surface area contributed by atoms with Gasteiger partial charge >= 0.3 is 0 Å². The van der Waals surface area contributed by atoms with Crippen molar-refractivity contribution in [3.05, 3.63) is 49.6 Å². The number of likely N-dealkylation sites (N-methyl/N-ethyl adjacent to an activating group) is 1. The predicted molar refractivity (Wildman–Crippen MR) is 93.3 cm³/mol. The molecular formula is C15H18BrClN2OS. The molecule has 0 aliphatic rings. The fourth-order valence-corrected chi connectivity index (χ4v) is 4.12. The molecule has 0 saturated carbocycles. The number of benzene rings is 1. The highest BCUT2D eigenvalue weighted by Gasteiger charge is 2.19. The normalized spacial score (nSPS) is 12.7. The van der Waals surface area contributed by atoms with Crippen LogP contribution in [0, 0.1) is 0 Å². The summed E-state index contributed by atoms with van der Waals surface area (Å²) in [5, 5.41) is 0. The maximum Gasteiger partial charge on any atom is 0.119 e. The summed E-state index contributed by atoms with van der Waals surface area (Å²) in [6, 6.07) is 10.3. The van der Waals surface area contributed by atoms with E-state index in [0.29, 0.717) is 6.54 Å². The molecule has 6 heteroatoms. The number of halogens is 2. The third kappa shape index (κ3) is 4.20. The third-order valence-corrected chi connectivity index (χ3v) is 5.89. The quantitative estimate of drug-likeness (QED) is 0.800. The van der Waals surface area contributed by atoms with Crippen LogP contribution in [-0.2, 0) is 6.54 Å². The molecule has 0 bridgehead atoms. The van der Waals surface area contributed by atoms with Crippen LogP contribution >= 0.6 is 38.9 Å². The lowest BCUT2D eigenvalue weighted by Gasteiger charge is -2.26. The van der Waals surface area contributed by atoms with Crippen molar-refractivity contribution >= 4 is 38.9 Å². The molecule has 1 aromatic carbocycles. The Morgan fingerprint density at radius 2 is 2.19 bits per heavy atom. The molecule has 2 aromatic rings. The molecule has 0 aliphatic heterocycles. The second-order valence-electron chi connectivity index (χ2n) is 4.79. The summed E-state index contributed by atoms with van der Waals surface area (Å²) in [6.07, 6.45) is 0. The van der Waals surface area contributed by atoms with Crippen LogP contribution < -0.4 is 10.5 Å². The Hall–Kier alpha value is -0.590. The topological polar surface area (TPSA) is 38.5 Å². The van der Waals surface area contributed by atoms with Gasteiger partial charge in [0.2, 0.25) is 0 Å². The zero-order chi connectivity index (χ0) is 15.4. The lowest BCUT2D eigenvalue weighted by molar-refractivity contribution is 0.245. The Bertz CT molecular complexity index is 586. The molecule has 114 valence electrons. The van der Waals surface area contributed by atoms with E-state index in [1.807, 2.05) is 24.3 Å². The molecule has 0 radical (unpaired) electrons. The Balaban J connectivity index is 2.14. The minimum atomic E-state index is 0.144. The summed E-state index contributed by atoms with van der Waals surface area (Å²) >= 11 is 11.1. The van der Waals surface area contributed by atoms with E-state index in [-0.39, 0.29) is 6.04 Å². The van der Waals surface area contributed by atoms with E-state index in [0.717, 1.165) is 21.1 Å². The van der Waals surface area contributed by atoms with E-state index in [1.165, 1.54) is 10.4 Å². The van der Waals surface area contributed by atoms with Gasteiger partial charge in [-0.05, 0) is 46.7 Å². The third-order valence-electron chi connectivity index (χ3n) is 3.31. The Kier molecular flexibility index (Phi) is 6.08. The first kappa shape index (κ1) is 16.8. The van der Waals surface area contributed by atoms with E-state index >= 15 is 0 Å². The SMILES string of the molecule is COc1cccc(CN(C)C(CN)c2cc(Br)c(Cl)s2)c1. The highest BCUT2D eigenvalue weighted by molar-refractivity contribution is 9.10. The molecule has 0 aliphatic carbocycles. The zero-order valence-electron chi connectivity index (χ0n) is 12.0. The number of methoxy groups -OCH3 is 1. The lowest BCUT2D eigenvalue weighted by Crippen LogP contribution is -2.29. The molecule has 1 aromatic heterocycles. The van der Waals surface area contributed by atoms with Gasteiger partial charge in [0.25, 0.3) is 0 Å². The summed E-state index contributed by atoms with van der Waals surface area (Å²) in [7, 11) is 3.75. The molecular weight excluding hydrogens is 372 g/mol. The fraction of sp³-hybridized carbons (Fsp3) is 0.333. The maximum atomic E-state index is 6.13. The van der Waals surface area contributed by atoms with Gasteiger partial charge in [-0.15, -0.1) is 11.3 Å². The van der Waals surface area contributed by atoms with Crippen LogP contribution in [0.5, 0.6) is 5.75 Å². The van der Waals surface area contributed by atoms with Crippen LogP contribution in [0.15, 0.2) is 34.8 Å². The number of nitrogens with zero attached hydrogens (tertiary/aromatic N) is 1. The Morgan fingerprint density at radius 3 is 2.76 bits per heavy atom. The van der Waals surface area contributed by atoms with Crippen molar-refractivity contribution in [1.29, 1.82) is 0 Å². The molecule has 2 rings (SSSR count). The fourth-order valence-electron chi connectivity index (χ4n) is 2.21. The first-order chi connectivity index (χ1) is 10.0. The minimum absolute atomic E-state index is 0.144. The van der Waals surface area contributed by atoms with Gasteiger partial charge in [0.1, 0.15) is 10.1 Å². The summed E-state index contributed by atoms with van der Waals surface area (Å²) < 4.78 is 6.95. The van der Waals surface area contributed by atoms with Crippen LogP contribution in [0.4, 0.5) is 0 Å². The van der Waals surface area contributed by atoms with Gasteiger partial charge in [-0.3, -0.25) is 4.90 Å². The second kappa shape index (κ2) is 7.61. The van der Waals surface area contributed by atoms with E-state index in [4.69, 9.17) is 22.1 Å². The smallest absolute Gasteiger partial charge is 0.119 e. The number of hydrogen-bond donors (Lipinski definition) is 1. The van der Waals surface area contributed by atoms with Gasteiger partial charge in [0, 0.05) is 22.4 Å². The number of ether oxygens (including phenoxy) is 1. The van der Waals surface area contributed by atoms with Crippen LogP contribution in [-0.4, -0.2) is 25.6 Å². The van der Waals surface area contributed by atoms with Crippen LogP contribution in [0.25, 0.3) is 0 Å². The van der Waals surface area contributed by atoms with Crippen molar-refractivity contribution in [2.75, 3.05) is 20.7 Å². The van der Waals surface area contributed by atoms with Crippen LogP contribution in [0.3, 0.4) is 0 Å². The van der Waals surface area contributed by atoms with Crippen molar-refractivity contribution in [1.82, 2.24) is 4.90 Å². The van der Waals surface area contributed by atoms with Crippen molar-refractivity contribution in [2.24, 2.45) is 5.73 Å². The number of rotatable bonds is 6. The van der Waals surface area contributed by atoms with Gasteiger partial charge in [-0.25, -0.2) is 0 Å². The van der Waals surface area contributed by atoms with Gasteiger partial charge < -0.3 is 10.5 Å². The molecule has 1 heterocycles.